The first kappa shape index (κ1) is 12.8. The third-order valence-electron chi connectivity index (χ3n) is 2.06. The van der Waals surface area contributed by atoms with E-state index in [-0.39, 0.29) is 11.6 Å². The van der Waals surface area contributed by atoms with Crippen LogP contribution in [0.25, 0.3) is 0 Å². The van der Waals surface area contributed by atoms with Gasteiger partial charge in [-0.2, -0.15) is 0 Å². The summed E-state index contributed by atoms with van der Waals surface area (Å²) in [4.78, 5) is 17.5. The summed E-state index contributed by atoms with van der Waals surface area (Å²) in [5, 5.41) is 0.329. The SMILES string of the molecule is CC(C)CN(C)C(=O)c1nc(N)ccc1Cl. The highest BCUT2D eigenvalue weighted by Crippen LogP contribution is 2.17. The normalized spacial score (nSPS) is 10.6. The number of nitrogen functional groups attached to an aromatic ring is 1. The van der Waals surface area contributed by atoms with Gasteiger partial charge in [0.25, 0.3) is 5.91 Å². The Morgan fingerprint density at radius 3 is 2.75 bits per heavy atom. The van der Waals surface area contributed by atoms with Gasteiger partial charge < -0.3 is 10.6 Å². The minimum Gasteiger partial charge on any atom is -0.384 e. The van der Waals surface area contributed by atoms with Gasteiger partial charge in [-0.25, -0.2) is 4.98 Å². The van der Waals surface area contributed by atoms with Crippen LogP contribution < -0.4 is 5.73 Å². The predicted octanol–water partition coefficient (Wildman–Crippen LogP) is 2.05. The Hall–Kier alpha value is -1.29. The Kier molecular flexibility index (Phi) is 4.12. The fraction of sp³-hybridized carbons (Fsp3) is 0.455. The molecule has 1 rings (SSSR count). The van der Waals surface area contributed by atoms with Crippen LogP contribution in [-0.2, 0) is 0 Å². The van der Waals surface area contributed by atoms with Crippen molar-refractivity contribution in [3.63, 3.8) is 0 Å². The molecular weight excluding hydrogens is 226 g/mol. The molecule has 0 aliphatic heterocycles. The van der Waals surface area contributed by atoms with E-state index in [1.165, 1.54) is 0 Å². The van der Waals surface area contributed by atoms with Gasteiger partial charge in [-0.1, -0.05) is 25.4 Å². The van der Waals surface area contributed by atoms with E-state index in [4.69, 9.17) is 17.3 Å². The molecule has 1 aromatic rings. The van der Waals surface area contributed by atoms with Crippen LogP contribution in [0.5, 0.6) is 0 Å². The van der Waals surface area contributed by atoms with Gasteiger partial charge in [0.1, 0.15) is 11.5 Å². The number of nitrogens with zero attached hydrogens (tertiary/aromatic N) is 2. The summed E-state index contributed by atoms with van der Waals surface area (Å²) in [6, 6.07) is 3.15. The van der Waals surface area contributed by atoms with Crippen molar-refractivity contribution >= 4 is 23.3 Å². The zero-order valence-electron chi connectivity index (χ0n) is 9.70. The predicted molar refractivity (Wildman–Crippen MR) is 65.5 cm³/mol. The fourth-order valence-electron chi connectivity index (χ4n) is 1.42. The zero-order chi connectivity index (χ0) is 12.3. The molecule has 0 saturated heterocycles. The quantitative estimate of drug-likeness (QED) is 0.881. The van der Waals surface area contributed by atoms with Crippen molar-refractivity contribution in [1.82, 2.24) is 9.88 Å². The maximum absolute atomic E-state index is 12.0. The molecule has 0 fully saturated rings. The zero-order valence-corrected chi connectivity index (χ0v) is 10.5. The van der Waals surface area contributed by atoms with Crippen molar-refractivity contribution in [1.29, 1.82) is 0 Å². The lowest BCUT2D eigenvalue weighted by molar-refractivity contribution is 0.0773. The number of anilines is 1. The van der Waals surface area contributed by atoms with Crippen molar-refractivity contribution in [3.8, 4) is 0 Å². The smallest absolute Gasteiger partial charge is 0.273 e. The van der Waals surface area contributed by atoms with E-state index < -0.39 is 0 Å². The van der Waals surface area contributed by atoms with Crippen molar-refractivity contribution in [2.24, 2.45) is 5.92 Å². The van der Waals surface area contributed by atoms with E-state index in [1.54, 1.807) is 24.1 Å². The van der Waals surface area contributed by atoms with E-state index in [9.17, 15) is 4.79 Å². The first-order valence-electron chi connectivity index (χ1n) is 5.09. The van der Waals surface area contributed by atoms with Gasteiger partial charge >= 0.3 is 0 Å². The number of carbonyl (C=O) groups excluding carboxylic acids is 1. The summed E-state index contributed by atoms with van der Waals surface area (Å²) in [6.45, 7) is 4.74. The van der Waals surface area contributed by atoms with Gasteiger partial charge in [0.15, 0.2) is 0 Å². The summed E-state index contributed by atoms with van der Waals surface area (Å²) >= 11 is 5.91. The van der Waals surface area contributed by atoms with Crippen LogP contribution in [0, 0.1) is 5.92 Å². The number of carbonyl (C=O) groups is 1. The van der Waals surface area contributed by atoms with Crippen LogP contribution in [0.4, 0.5) is 5.82 Å². The summed E-state index contributed by atoms with van der Waals surface area (Å²) < 4.78 is 0. The molecule has 0 bridgehead atoms. The van der Waals surface area contributed by atoms with Crippen molar-refractivity contribution in [2.75, 3.05) is 19.3 Å². The molecule has 0 aromatic carbocycles. The van der Waals surface area contributed by atoms with E-state index in [1.807, 2.05) is 13.8 Å². The van der Waals surface area contributed by atoms with Gasteiger partial charge in [-0.05, 0) is 18.1 Å². The Morgan fingerprint density at radius 2 is 2.19 bits per heavy atom. The highest BCUT2D eigenvalue weighted by Gasteiger charge is 2.17. The lowest BCUT2D eigenvalue weighted by atomic mass is 10.2. The fourth-order valence-corrected chi connectivity index (χ4v) is 1.60. The average molecular weight is 242 g/mol. The van der Waals surface area contributed by atoms with Gasteiger partial charge in [-0.15, -0.1) is 0 Å². The van der Waals surface area contributed by atoms with Crippen molar-refractivity contribution in [2.45, 2.75) is 13.8 Å². The van der Waals surface area contributed by atoms with E-state index in [2.05, 4.69) is 4.98 Å². The first-order chi connectivity index (χ1) is 7.41. The minimum atomic E-state index is -0.203. The maximum atomic E-state index is 12.0. The first-order valence-corrected chi connectivity index (χ1v) is 5.47. The summed E-state index contributed by atoms with van der Waals surface area (Å²) in [6.07, 6.45) is 0. The molecule has 0 aliphatic rings. The van der Waals surface area contributed by atoms with Crippen LogP contribution in [0.3, 0.4) is 0 Å². The second-order valence-corrected chi connectivity index (χ2v) is 4.55. The number of hydrogen-bond donors (Lipinski definition) is 1. The Bertz CT molecular complexity index is 393. The molecular formula is C11H16ClN3O. The topological polar surface area (TPSA) is 59.2 Å². The molecule has 88 valence electrons. The Morgan fingerprint density at radius 1 is 1.56 bits per heavy atom. The van der Waals surface area contributed by atoms with Gasteiger partial charge in [0.05, 0.1) is 5.02 Å². The van der Waals surface area contributed by atoms with Gasteiger partial charge in [0.2, 0.25) is 0 Å². The Labute approximate surface area is 100 Å². The molecule has 1 amide bonds. The van der Waals surface area contributed by atoms with Gasteiger partial charge in [-0.3, -0.25) is 4.79 Å². The van der Waals surface area contributed by atoms with E-state index in [0.717, 1.165) is 0 Å². The van der Waals surface area contributed by atoms with Crippen LogP contribution in [0.15, 0.2) is 12.1 Å². The number of hydrogen-bond acceptors (Lipinski definition) is 3. The molecule has 2 N–H and O–H groups in total. The third kappa shape index (κ3) is 3.10. The molecule has 1 heterocycles. The number of pyridine rings is 1. The number of nitrogens with two attached hydrogens (primary N) is 1. The van der Waals surface area contributed by atoms with Crippen molar-refractivity contribution in [3.05, 3.63) is 22.8 Å². The maximum Gasteiger partial charge on any atom is 0.273 e. The summed E-state index contributed by atoms with van der Waals surface area (Å²) in [5.41, 5.74) is 5.74. The highest BCUT2D eigenvalue weighted by molar-refractivity contribution is 6.33. The monoisotopic (exact) mass is 241 g/mol. The number of aromatic nitrogens is 1. The molecule has 0 spiro atoms. The molecule has 1 aromatic heterocycles. The van der Waals surface area contributed by atoms with Crippen LogP contribution >= 0.6 is 11.6 Å². The molecule has 0 saturated carbocycles. The molecule has 0 atom stereocenters. The molecule has 4 nitrogen and oxygen atoms in total. The molecule has 0 unspecified atom stereocenters. The van der Waals surface area contributed by atoms with Crippen LogP contribution in [0.1, 0.15) is 24.3 Å². The van der Waals surface area contributed by atoms with E-state index >= 15 is 0 Å². The standard InChI is InChI=1S/C11H16ClN3O/c1-7(2)6-15(3)11(16)10-8(12)4-5-9(13)14-10/h4-5,7H,6H2,1-3H3,(H2,13,14). The molecule has 5 heteroatoms. The lowest BCUT2D eigenvalue weighted by Crippen LogP contribution is -2.31. The molecule has 0 radical (unpaired) electrons. The summed E-state index contributed by atoms with van der Waals surface area (Å²) in [5.74, 6) is 0.491. The number of amides is 1. The lowest BCUT2D eigenvalue weighted by Gasteiger charge is -2.19. The Balaban J connectivity index is 2.91. The number of halogens is 1. The highest BCUT2D eigenvalue weighted by atomic mass is 35.5. The van der Waals surface area contributed by atoms with E-state index in [0.29, 0.717) is 23.3 Å². The van der Waals surface area contributed by atoms with Crippen LogP contribution in [0.2, 0.25) is 5.02 Å². The largest absolute Gasteiger partial charge is 0.384 e. The second kappa shape index (κ2) is 5.16. The molecule has 0 aliphatic carbocycles. The third-order valence-corrected chi connectivity index (χ3v) is 2.36. The number of rotatable bonds is 3. The van der Waals surface area contributed by atoms with Gasteiger partial charge in [0, 0.05) is 13.6 Å². The second-order valence-electron chi connectivity index (χ2n) is 4.15. The molecule has 16 heavy (non-hydrogen) atoms. The van der Waals surface area contributed by atoms with Crippen LogP contribution in [-0.4, -0.2) is 29.4 Å². The average Bonchev–Trinajstić information content (AvgIpc) is 2.19. The summed E-state index contributed by atoms with van der Waals surface area (Å²) in [7, 11) is 1.73. The van der Waals surface area contributed by atoms with Crippen molar-refractivity contribution < 1.29 is 4.79 Å². The minimum absolute atomic E-state index is 0.203.